The van der Waals surface area contributed by atoms with Crippen LogP contribution in [0.5, 0.6) is 0 Å². The molecule has 0 aliphatic carbocycles. The van der Waals surface area contributed by atoms with Crippen LogP contribution in [-0.4, -0.2) is 56.8 Å². The van der Waals surface area contributed by atoms with Gasteiger partial charge in [-0.3, -0.25) is 4.79 Å². The zero-order valence-electron chi connectivity index (χ0n) is 15.7. The molecule has 0 radical (unpaired) electrons. The fraction of sp³-hybridized carbons (Fsp3) is 0.550. The molecule has 1 fully saturated rings. The average Bonchev–Trinajstić information content (AvgIpc) is 2.64. The molecule has 6 heteroatoms. The number of rotatable bonds is 4. The first kappa shape index (κ1) is 18.7. The van der Waals surface area contributed by atoms with Gasteiger partial charge >= 0.3 is 0 Å². The lowest BCUT2D eigenvalue weighted by atomic mass is 9.74. The Labute approximate surface area is 153 Å². The first-order valence-electron chi connectivity index (χ1n) is 9.23. The average molecular weight is 357 g/mol. The van der Waals surface area contributed by atoms with Crippen LogP contribution in [0, 0.1) is 19.3 Å². The van der Waals surface area contributed by atoms with Gasteiger partial charge in [-0.25, -0.2) is 9.97 Å². The number of hydrogen-bond donors (Lipinski definition) is 2. The first-order valence-corrected chi connectivity index (χ1v) is 9.23. The quantitative estimate of drug-likeness (QED) is 0.876. The highest BCUT2D eigenvalue weighted by Gasteiger charge is 2.43. The molecule has 1 aliphatic heterocycles. The van der Waals surface area contributed by atoms with Gasteiger partial charge in [0.05, 0.1) is 35.1 Å². The summed E-state index contributed by atoms with van der Waals surface area (Å²) in [6.07, 6.45) is 1.45. The highest BCUT2D eigenvalue weighted by atomic mass is 16.3. The van der Waals surface area contributed by atoms with Crippen LogP contribution in [0.3, 0.4) is 0 Å². The zero-order valence-corrected chi connectivity index (χ0v) is 15.7. The van der Waals surface area contributed by atoms with Crippen LogP contribution in [0.25, 0.3) is 11.0 Å². The molecule has 2 heterocycles. The minimum atomic E-state index is -0.632. The number of fused-ring (bicyclic) bond motifs is 1. The smallest absolute Gasteiger partial charge is 0.253 e. The Hall–Kier alpha value is -2.05. The predicted octanol–water partition coefficient (Wildman–Crippen LogP) is 2.23. The molecule has 6 nitrogen and oxygen atoms in total. The van der Waals surface area contributed by atoms with Gasteiger partial charge < -0.3 is 15.1 Å². The summed E-state index contributed by atoms with van der Waals surface area (Å²) >= 11 is 0. The fourth-order valence-corrected chi connectivity index (χ4v) is 3.85. The molecule has 1 saturated heterocycles. The molecule has 1 aromatic heterocycles. The Morgan fingerprint density at radius 1 is 1.27 bits per heavy atom. The summed E-state index contributed by atoms with van der Waals surface area (Å²) in [5.41, 5.74) is 3.15. The number of amides is 1. The number of piperidine rings is 1. The summed E-state index contributed by atoms with van der Waals surface area (Å²) < 4.78 is 0. The number of carbonyl (C=O) groups is 1. The van der Waals surface area contributed by atoms with Crippen molar-refractivity contribution in [1.82, 2.24) is 14.9 Å². The summed E-state index contributed by atoms with van der Waals surface area (Å²) in [5.74, 6) is -0.0900. The van der Waals surface area contributed by atoms with Crippen LogP contribution in [0.15, 0.2) is 18.2 Å². The van der Waals surface area contributed by atoms with Crippen LogP contribution in [0.1, 0.15) is 47.9 Å². The van der Waals surface area contributed by atoms with Gasteiger partial charge in [-0.05, 0) is 44.9 Å². The van der Waals surface area contributed by atoms with Crippen molar-refractivity contribution in [1.29, 1.82) is 0 Å². The number of aryl methyl sites for hydroxylation is 2. The first-order chi connectivity index (χ1) is 12.4. The number of aliphatic hydroxyl groups excluding tert-OH is 2. The van der Waals surface area contributed by atoms with Crippen molar-refractivity contribution in [3.05, 3.63) is 35.2 Å². The number of benzene rings is 1. The molecular formula is C20H27N3O3. The largest absolute Gasteiger partial charge is 0.396 e. The van der Waals surface area contributed by atoms with Gasteiger partial charge in [0.15, 0.2) is 0 Å². The van der Waals surface area contributed by atoms with Crippen molar-refractivity contribution in [2.24, 2.45) is 5.41 Å². The van der Waals surface area contributed by atoms with Gasteiger partial charge in [0.2, 0.25) is 0 Å². The highest BCUT2D eigenvalue weighted by Crippen LogP contribution is 2.35. The summed E-state index contributed by atoms with van der Waals surface area (Å²) in [5, 5.41) is 20.3. The Kier molecular flexibility index (Phi) is 5.25. The molecule has 1 aromatic carbocycles. The standard InChI is InChI=1S/C20H27N3O3/c1-4-8-20(12-24)11-23(9-7-18(20)25)19(26)15-5-6-16-17(10-15)22-14(3)13(2)21-16/h5-6,10,18,24-25H,4,7-9,11-12H2,1-3H3/t18-,20+/m1/s1. The molecule has 0 saturated carbocycles. The number of likely N-dealkylation sites (tertiary alicyclic amines) is 1. The van der Waals surface area contributed by atoms with E-state index >= 15 is 0 Å². The lowest BCUT2D eigenvalue weighted by Gasteiger charge is -2.45. The summed E-state index contributed by atoms with van der Waals surface area (Å²) in [6.45, 7) is 6.59. The van der Waals surface area contributed by atoms with Crippen LogP contribution in [0.4, 0.5) is 0 Å². The topological polar surface area (TPSA) is 86.5 Å². The van der Waals surface area contributed by atoms with E-state index in [-0.39, 0.29) is 12.5 Å². The van der Waals surface area contributed by atoms with E-state index < -0.39 is 11.5 Å². The van der Waals surface area contributed by atoms with E-state index in [0.717, 1.165) is 23.3 Å². The van der Waals surface area contributed by atoms with E-state index in [1.807, 2.05) is 26.8 Å². The SMILES string of the molecule is CCC[C@@]1(CO)CN(C(=O)c2ccc3nc(C)c(C)nc3c2)CC[C@H]1O. The van der Waals surface area contributed by atoms with E-state index in [1.165, 1.54) is 0 Å². The summed E-state index contributed by atoms with van der Waals surface area (Å²) in [7, 11) is 0. The predicted molar refractivity (Wildman–Crippen MR) is 100.0 cm³/mol. The van der Waals surface area contributed by atoms with E-state index in [9.17, 15) is 15.0 Å². The molecule has 2 atom stereocenters. The number of carbonyl (C=O) groups excluding carboxylic acids is 1. The number of aromatic nitrogens is 2. The molecule has 3 rings (SSSR count). The second-order valence-corrected chi connectivity index (χ2v) is 7.40. The van der Waals surface area contributed by atoms with Crippen molar-refractivity contribution in [3.63, 3.8) is 0 Å². The zero-order chi connectivity index (χ0) is 18.9. The molecule has 26 heavy (non-hydrogen) atoms. The van der Waals surface area contributed by atoms with Gasteiger partial charge in [0, 0.05) is 24.1 Å². The van der Waals surface area contributed by atoms with Crippen LogP contribution in [0.2, 0.25) is 0 Å². The maximum absolute atomic E-state index is 13.0. The minimum absolute atomic E-state index is 0.0900. The third kappa shape index (κ3) is 3.31. The Morgan fingerprint density at radius 3 is 2.62 bits per heavy atom. The monoisotopic (exact) mass is 357 g/mol. The molecule has 0 spiro atoms. The number of hydrogen-bond acceptors (Lipinski definition) is 5. The minimum Gasteiger partial charge on any atom is -0.396 e. The van der Waals surface area contributed by atoms with Crippen molar-refractivity contribution < 1.29 is 15.0 Å². The van der Waals surface area contributed by atoms with Crippen molar-refractivity contribution in [3.8, 4) is 0 Å². The Balaban J connectivity index is 1.89. The Morgan fingerprint density at radius 2 is 1.96 bits per heavy atom. The molecule has 1 aliphatic rings. The maximum atomic E-state index is 13.0. The molecule has 0 bridgehead atoms. The van der Waals surface area contributed by atoms with E-state index in [1.54, 1.807) is 17.0 Å². The van der Waals surface area contributed by atoms with Crippen LogP contribution >= 0.6 is 0 Å². The summed E-state index contributed by atoms with van der Waals surface area (Å²) in [4.78, 5) is 23.8. The lowest BCUT2D eigenvalue weighted by Crippen LogP contribution is -2.55. The van der Waals surface area contributed by atoms with E-state index in [2.05, 4.69) is 9.97 Å². The van der Waals surface area contributed by atoms with Crippen molar-refractivity contribution in [2.45, 2.75) is 46.1 Å². The number of nitrogens with zero attached hydrogens (tertiary/aromatic N) is 3. The van der Waals surface area contributed by atoms with Crippen molar-refractivity contribution in [2.75, 3.05) is 19.7 Å². The van der Waals surface area contributed by atoms with Gasteiger partial charge in [-0.2, -0.15) is 0 Å². The van der Waals surface area contributed by atoms with E-state index in [0.29, 0.717) is 37.0 Å². The molecule has 140 valence electrons. The molecule has 1 amide bonds. The lowest BCUT2D eigenvalue weighted by molar-refractivity contribution is -0.0720. The molecule has 2 N–H and O–H groups in total. The molecule has 2 aromatic rings. The third-order valence-corrected chi connectivity index (χ3v) is 5.56. The second kappa shape index (κ2) is 7.29. The van der Waals surface area contributed by atoms with Gasteiger partial charge in [-0.1, -0.05) is 13.3 Å². The fourth-order valence-electron chi connectivity index (χ4n) is 3.85. The normalized spacial score (nSPS) is 23.4. The van der Waals surface area contributed by atoms with Gasteiger partial charge in [0.1, 0.15) is 0 Å². The Bertz CT molecular complexity index is 823. The summed E-state index contributed by atoms with van der Waals surface area (Å²) in [6, 6.07) is 5.38. The number of aliphatic hydroxyl groups is 2. The second-order valence-electron chi connectivity index (χ2n) is 7.40. The molecule has 0 unspecified atom stereocenters. The van der Waals surface area contributed by atoms with Gasteiger partial charge in [0.25, 0.3) is 5.91 Å². The maximum Gasteiger partial charge on any atom is 0.253 e. The van der Waals surface area contributed by atoms with Crippen LogP contribution in [-0.2, 0) is 0 Å². The highest BCUT2D eigenvalue weighted by molar-refractivity contribution is 5.97. The third-order valence-electron chi connectivity index (χ3n) is 5.56. The van der Waals surface area contributed by atoms with Crippen molar-refractivity contribution >= 4 is 16.9 Å². The van der Waals surface area contributed by atoms with Gasteiger partial charge in [-0.15, -0.1) is 0 Å². The van der Waals surface area contributed by atoms with E-state index in [4.69, 9.17) is 0 Å². The van der Waals surface area contributed by atoms with Crippen LogP contribution < -0.4 is 0 Å². The molecular weight excluding hydrogens is 330 g/mol.